The minimum atomic E-state index is 0.0205. The van der Waals surface area contributed by atoms with Gasteiger partial charge in [-0.3, -0.25) is 15.2 Å². The van der Waals surface area contributed by atoms with Crippen molar-refractivity contribution in [3.63, 3.8) is 0 Å². The van der Waals surface area contributed by atoms with E-state index < -0.39 is 0 Å². The van der Waals surface area contributed by atoms with Crippen LogP contribution in [0.15, 0.2) is 61.2 Å². The fourth-order valence-corrected chi connectivity index (χ4v) is 2.61. The fraction of sp³-hybridized carbons (Fsp3) is 0.0625. The Kier molecular flexibility index (Phi) is 2.74. The summed E-state index contributed by atoms with van der Waals surface area (Å²) >= 11 is 0. The summed E-state index contributed by atoms with van der Waals surface area (Å²) in [4.78, 5) is 4.80. The van der Waals surface area contributed by atoms with E-state index in [0.29, 0.717) is 0 Å². The molecule has 0 bridgehead atoms. The van der Waals surface area contributed by atoms with Gasteiger partial charge in [-0.25, -0.2) is 0 Å². The lowest BCUT2D eigenvalue weighted by Gasteiger charge is -2.13. The normalized spacial score (nSPS) is 11.3. The molecule has 1 aromatic carbocycles. The van der Waals surface area contributed by atoms with E-state index in [9.17, 15) is 0 Å². The lowest BCUT2D eigenvalue weighted by atomic mass is 9.92. The molecule has 0 aliphatic heterocycles. The van der Waals surface area contributed by atoms with Crippen molar-refractivity contribution in [1.82, 2.24) is 25.4 Å². The Labute approximate surface area is 121 Å². The van der Waals surface area contributed by atoms with Crippen LogP contribution in [0.25, 0.3) is 10.9 Å². The first-order valence-electron chi connectivity index (χ1n) is 6.75. The molecule has 0 spiro atoms. The standard InChI is InChI=1S/C16H13N5/c1-2-4-14-11(3-1)5-6-15(21-14)16(12-7-17-18-8-12)13-9-19-20-10-13/h1-10,16H,(H,17,18)(H,19,20). The summed E-state index contributed by atoms with van der Waals surface area (Å²) in [5.41, 5.74) is 4.11. The molecule has 0 saturated heterocycles. The van der Waals surface area contributed by atoms with Gasteiger partial charge < -0.3 is 0 Å². The molecule has 5 nitrogen and oxygen atoms in total. The van der Waals surface area contributed by atoms with Gasteiger partial charge >= 0.3 is 0 Å². The SMILES string of the molecule is c1ccc2nc(C(c3cn[nH]c3)c3cn[nH]c3)ccc2c1. The molecule has 0 aliphatic carbocycles. The molecule has 0 amide bonds. The van der Waals surface area contributed by atoms with Gasteiger partial charge in [0.25, 0.3) is 0 Å². The summed E-state index contributed by atoms with van der Waals surface area (Å²) in [5.74, 6) is 0.0205. The van der Waals surface area contributed by atoms with Crippen LogP contribution in [-0.4, -0.2) is 25.4 Å². The second-order valence-corrected chi connectivity index (χ2v) is 4.93. The van der Waals surface area contributed by atoms with Crippen LogP contribution in [0.1, 0.15) is 22.7 Å². The second-order valence-electron chi connectivity index (χ2n) is 4.93. The molecule has 0 radical (unpaired) electrons. The van der Waals surface area contributed by atoms with Gasteiger partial charge in [0.1, 0.15) is 0 Å². The van der Waals surface area contributed by atoms with Gasteiger partial charge in [-0.2, -0.15) is 10.2 Å². The third-order valence-corrected chi connectivity index (χ3v) is 3.62. The molecule has 0 aliphatic rings. The summed E-state index contributed by atoms with van der Waals surface area (Å²) in [6.45, 7) is 0. The van der Waals surface area contributed by atoms with Gasteiger partial charge in [0.15, 0.2) is 0 Å². The molecule has 3 heterocycles. The first-order valence-corrected chi connectivity index (χ1v) is 6.75. The van der Waals surface area contributed by atoms with Crippen LogP contribution >= 0.6 is 0 Å². The number of hydrogen-bond acceptors (Lipinski definition) is 3. The number of pyridine rings is 1. The number of fused-ring (bicyclic) bond motifs is 1. The third-order valence-electron chi connectivity index (χ3n) is 3.62. The summed E-state index contributed by atoms with van der Waals surface area (Å²) in [6, 6.07) is 12.3. The number of benzene rings is 1. The number of nitrogens with one attached hydrogen (secondary N) is 2. The summed E-state index contributed by atoms with van der Waals surface area (Å²) in [7, 11) is 0. The average Bonchev–Trinajstić information content (AvgIpc) is 3.21. The maximum absolute atomic E-state index is 4.80. The molecule has 4 aromatic rings. The predicted octanol–water partition coefficient (Wildman–Crippen LogP) is 2.86. The summed E-state index contributed by atoms with van der Waals surface area (Å²) < 4.78 is 0. The van der Waals surface area contributed by atoms with Crippen molar-refractivity contribution in [3.05, 3.63) is 78.0 Å². The Bertz CT molecular complexity index is 815. The van der Waals surface area contributed by atoms with Gasteiger partial charge in [-0.05, 0) is 12.1 Å². The quantitative estimate of drug-likeness (QED) is 0.604. The number of aromatic nitrogens is 5. The monoisotopic (exact) mass is 275 g/mol. The maximum atomic E-state index is 4.80. The Morgan fingerprint density at radius 2 is 1.52 bits per heavy atom. The smallest absolute Gasteiger partial charge is 0.0705 e. The molecule has 102 valence electrons. The van der Waals surface area contributed by atoms with E-state index in [1.807, 2.05) is 43.0 Å². The van der Waals surface area contributed by atoms with Crippen LogP contribution in [0.5, 0.6) is 0 Å². The number of hydrogen-bond donors (Lipinski definition) is 2. The Balaban J connectivity index is 1.89. The molecule has 21 heavy (non-hydrogen) atoms. The highest BCUT2D eigenvalue weighted by Crippen LogP contribution is 2.30. The molecule has 5 heteroatoms. The number of nitrogens with zero attached hydrogens (tertiary/aromatic N) is 3. The van der Waals surface area contributed by atoms with Gasteiger partial charge in [0.05, 0.1) is 29.5 Å². The molecule has 3 aromatic heterocycles. The van der Waals surface area contributed by atoms with Crippen molar-refractivity contribution in [2.45, 2.75) is 5.92 Å². The highest BCUT2D eigenvalue weighted by Gasteiger charge is 2.20. The molecule has 0 fully saturated rings. The van der Waals surface area contributed by atoms with Crippen LogP contribution < -0.4 is 0 Å². The topological polar surface area (TPSA) is 70.2 Å². The minimum absolute atomic E-state index is 0.0205. The molecule has 0 atom stereocenters. The zero-order valence-electron chi connectivity index (χ0n) is 11.2. The zero-order chi connectivity index (χ0) is 14.1. The Morgan fingerprint density at radius 1 is 0.810 bits per heavy atom. The third kappa shape index (κ3) is 2.08. The van der Waals surface area contributed by atoms with Crippen LogP contribution in [0.2, 0.25) is 0 Å². The van der Waals surface area contributed by atoms with Gasteiger partial charge in [-0.1, -0.05) is 24.3 Å². The van der Waals surface area contributed by atoms with Crippen molar-refractivity contribution in [3.8, 4) is 0 Å². The average molecular weight is 275 g/mol. The summed E-state index contributed by atoms with van der Waals surface area (Å²) in [6.07, 6.45) is 7.45. The van der Waals surface area contributed by atoms with Crippen molar-refractivity contribution in [2.75, 3.05) is 0 Å². The van der Waals surface area contributed by atoms with Gasteiger partial charge in [0, 0.05) is 28.9 Å². The number of rotatable bonds is 3. The second kappa shape index (κ2) is 4.86. The highest BCUT2D eigenvalue weighted by molar-refractivity contribution is 5.78. The van der Waals surface area contributed by atoms with E-state index in [1.165, 1.54) is 0 Å². The van der Waals surface area contributed by atoms with Crippen LogP contribution in [0, 0.1) is 0 Å². The lowest BCUT2D eigenvalue weighted by Crippen LogP contribution is -2.04. The number of H-pyrrole nitrogens is 2. The first-order chi connectivity index (χ1) is 10.4. The first kappa shape index (κ1) is 11.8. The van der Waals surface area contributed by atoms with Crippen molar-refractivity contribution >= 4 is 10.9 Å². The van der Waals surface area contributed by atoms with Gasteiger partial charge in [-0.15, -0.1) is 0 Å². The van der Waals surface area contributed by atoms with Crippen molar-refractivity contribution in [2.24, 2.45) is 0 Å². The van der Waals surface area contributed by atoms with E-state index in [-0.39, 0.29) is 5.92 Å². The van der Waals surface area contributed by atoms with E-state index in [1.54, 1.807) is 0 Å². The molecular weight excluding hydrogens is 262 g/mol. The Morgan fingerprint density at radius 3 is 2.19 bits per heavy atom. The van der Waals surface area contributed by atoms with Crippen LogP contribution in [0.4, 0.5) is 0 Å². The maximum Gasteiger partial charge on any atom is 0.0705 e. The van der Waals surface area contributed by atoms with E-state index in [0.717, 1.165) is 27.7 Å². The van der Waals surface area contributed by atoms with Gasteiger partial charge in [0.2, 0.25) is 0 Å². The van der Waals surface area contributed by atoms with Crippen LogP contribution in [-0.2, 0) is 0 Å². The number of para-hydroxylation sites is 1. The highest BCUT2D eigenvalue weighted by atomic mass is 15.1. The van der Waals surface area contributed by atoms with E-state index >= 15 is 0 Å². The molecule has 0 saturated carbocycles. The zero-order valence-corrected chi connectivity index (χ0v) is 11.2. The van der Waals surface area contributed by atoms with E-state index in [4.69, 9.17) is 4.98 Å². The Hall–Kier alpha value is -2.95. The van der Waals surface area contributed by atoms with Crippen LogP contribution in [0.3, 0.4) is 0 Å². The molecule has 0 unspecified atom stereocenters. The molecule has 2 N–H and O–H groups in total. The molecular formula is C16H13N5. The molecule has 4 rings (SSSR count). The lowest BCUT2D eigenvalue weighted by molar-refractivity contribution is 0.932. The summed E-state index contributed by atoms with van der Waals surface area (Å²) in [5, 5.41) is 15.0. The fourth-order valence-electron chi connectivity index (χ4n) is 2.61. The predicted molar refractivity (Wildman–Crippen MR) is 79.9 cm³/mol. The largest absolute Gasteiger partial charge is 0.285 e. The van der Waals surface area contributed by atoms with Crippen molar-refractivity contribution in [1.29, 1.82) is 0 Å². The minimum Gasteiger partial charge on any atom is -0.285 e. The van der Waals surface area contributed by atoms with Crippen molar-refractivity contribution < 1.29 is 0 Å². The number of aromatic amines is 2. The van der Waals surface area contributed by atoms with E-state index in [2.05, 4.69) is 38.6 Å².